The van der Waals surface area contributed by atoms with Crippen LogP contribution < -0.4 is 16.2 Å². The number of fused-ring (bicyclic) bond motifs is 1. The summed E-state index contributed by atoms with van der Waals surface area (Å²) in [6.07, 6.45) is 0.0698. The molecule has 0 heterocycles. The molecule has 0 bridgehead atoms. The van der Waals surface area contributed by atoms with Crippen LogP contribution in [0.15, 0.2) is 66.7 Å². The van der Waals surface area contributed by atoms with Crippen molar-refractivity contribution in [1.29, 1.82) is 0 Å². The molecule has 0 aliphatic heterocycles. The monoisotopic (exact) mass is 395 g/mol. The largest absolute Gasteiger partial charge is 0.329 e. The normalized spacial score (nSPS) is 10.3. The number of halogens is 1. The van der Waals surface area contributed by atoms with Crippen LogP contribution in [0, 0.1) is 5.82 Å². The van der Waals surface area contributed by atoms with Gasteiger partial charge in [-0.3, -0.25) is 20.4 Å². The Balaban J connectivity index is 1.46. The quantitative estimate of drug-likeness (QED) is 0.347. The number of amides is 1. The maximum atomic E-state index is 13.5. The van der Waals surface area contributed by atoms with E-state index in [1.807, 2.05) is 36.4 Å². The number of carbonyl (C=O) groups excluding carboxylic acids is 2. The van der Waals surface area contributed by atoms with Crippen LogP contribution in [0.5, 0.6) is 0 Å². The van der Waals surface area contributed by atoms with Crippen LogP contribution in [0.1, 0.15) is 23.2 Å². The number of para-hydroxylation sites is 1. The zero-order valence-corrected chi connectivity index (χ0v) is 15.7. The second kappa shape index (κ2) is 9.05. The third-order valence-electron chi connectivity index (χ3n) is 4.09. The van der Waals surface area contributed by atoms with Crippen LogP contribution in [0.2, 0.25) is 0 Å². The highest BCUT2D eigenvalue weighted by molar-refractivity contribution is 7.80. The van der Waals surface area contributed by atoms with Crippen molar-refractivity contribution in [3.05, 3.63) is 78.1 Å². The average molecular weight is 395 g/mol. The lowest BCUT2D eigenvalue weighted by Crippen LogP contribution is -2.43. The van der Waals surface area contributed by atoms with Crippen molar-refractivity contribution < 1.29 is 14.0 Å². The number of Topliss-reactive ketones (excluding diaryl/α,β-unsaturated/α-hetero) is 1. The molecule has 0 spiro atoms. The van der Waals surface area contributed by atoms with E-state index < -0.39 is 11.7 Å². The topological polar surface area (TPSA) is 70.2 Å². The van der Waals surface area contributed by atoms with E-state index in [2.05, 4.69) is 16.2 Å². The third kappa shape index (κ3) is 5.11. The maximum Gasteiger partial charge on any atom is 0.238 e. The highest BCUT2D eigenvalue weighted by Gasteiger charge is 2.10. The van der Waals surface area contributed by atoms with Gasteiger partial charge in [0.2, 0.25) is 5.91 Å². The van der Waals surface area contributed by atoms with E-state index in [1.165, 1.54) is 12.1 Å². The number of benzene rings is 3. The molecule has 0 atom stereocenters. The Morgan fingerprint density at radius 1 is 0.857 bits per heavy atom. The van der Waals surface area contributed by atoms with E-state index >= 15 is 0 Å². The first-order valence-corrected chi connectivity index (χ1v) is 9.06. The van der Waals surface area contributed by atoms with E-state index in [1.54, 1.807) is 18.2 Å². The molecule has 3 rings (SSSR count). The molecule has 142 valence electrons. The summed E-state index contributed by atoms with van der Waals surface area (Å²) in [6.45, 7) is 0. The zero-order chi connectivity index (χ0) is 19.9. The molecule has 0 aliphatic rings. The minimum Gasteiger partial charge on any atom is -0.329 e. The van der Waals surface area contributed by atoms with Crippen molar-refractivity contribution in [3.8, 4) is 0 Å². The lowest BCUT2D eigenvalue weighted by atomic mass is 10.0. The molecular formula is C21H18FN3O2S. The smallest absolute Gasteiger partial charge is 0.238 e. The first kappa shape index (κ1) is 19.4. The molecule has 3 aromatic carbocycles. The molecule has 3 aromatic rings. The predicted octanol–water partition coefficient (Wildman–Crippen LogP) is 3.96. The maximum absolute atomic E-state index is 13.5. The van der Waals surface area contributed by atoms with Gasteiger partial charge in [0.15, 0.2) is 10.9 Å². The lowest BCUT2D eigenvalue weighted by Gasteiger charge is -2.12. The molecule has 7 heteroatoms. The van der Waals surface area contributed by atoms with Crippen LogP contribution in [0.4, 0.5) is 10.1 Å². The fourth-order valence-corrected chi connectivity index (χ4v) is 2.80. The van der Waals surface area contributed by atoms with Gasteiger partial charge in [-0.05, 0) is 41.2 Å². The number of ketones is 1. The van der Waals surface area contributed by atoms with Gasteiger partial charge >= 0.3 is 0 Å². The third-order valence-corrected chi connectivity index (χ3v) is 4.29. The van der Waals surface area contributed by atoms with Crippen LogP contribution in [0.25, 0.3) is 10.8 Å². The summed E-state index contributed by atoms with van der Waals surface area (Å²) in [4.78, 5) is 24.3. The van der Waals surface area contributed by atoms with Crippen molar-refractivity contribution in [3.63, 3.8) is 0 Å². The van der Waals surface area contributed by atoms with Gasteiger partial charge in [-0.15, -0.1) is 0 Å². The van der Waals surface area contributed by atoms with Gasteiger partial charge in [0, 0.05) is 18.4 Å². The Morgan fingerprint density at radius 2 is 1.57 bits per heavy atom. The molecule has 0 unspecified atom stereocenters. The van der Waals surface area contributed by atoms with Gasteiger partial charge in [-0.2, -0.15) is 0 Å². The molecule has 0 radical (unpaired) electrons. The van der Waals surface area contributed by atoms with Gasteiger partial charge in [0.25, 0.3) is 0 Å². The molecule has 3 N–H and O–H groups in total. The van der Waals surface area contributed by atoms with E-state index in [0.717, 1.165) is 10.8 Å². The van der Waals surface area contributed by atoms with Crippen molar-refractivity contribution in [2.45, 2.75) is 12.8 Å². The van der Waals surface area contributed by atoms with E-state index in [4.69, 9.17) is 12.2 Å². The summed E-state index contributed by atoms with van der Waals surface area (Å²) < 4.78 is 13.5. The van der Waals surface area contributed by atoms with Gasteiger partial charge in [-0.1, -0.05) is 48.5 Å². The molecule has 0 aromatic heterocycles. The summed E-state index contributed by atoms with van der Waals surface area (Å²) in [7, 11) is 0. The number of hydrogen-bond acceptors (Lipinski definition) is 3. The van der Waals surface area contributed by atoms with Crippen molar-refractivity contribution in [2.24, 2.45) is 0 Å². The second-order valence-corrected chi connectivity index (χ2v) is 6.50. The lowest BCUT2D eigenvalue weighted by molar-refractivity contribution is -0.121. The summed E-state index contributed by atoms with van der Waals surface area (Å²) in [5, 5.41) is 4.71. The summed E-state index contributed by atoms with van der Waals surface area (Å²) in [5.74, 6) is -0.973. The second-order valence-electron chi connectivity index (χ2n) is 6.09. The van der Waals surface area contributed by atoms with Crippen molar-refractivity contribution >= 4 is 45.5 Å². The van der Waals surface area contributed by atoms with Crippen molar-refractivity contribution in [1.82, 2.24) is 10.9 Å². The Kier molecular flexibility index (Phi) is 6.29. The van der Waals surface area contributed by atoms with Crippen LogP contribution in [0.3, 0.4) is 0 Å². The standard InChI is InChI=1S/C21H18FN3O2S/c22-17-7-3-4-8-18(17)23-21(28)25-24-20(27)12-11-19(26)16-10-9-14-5-1-2-6-15(14)13-16/h1-10,13H,11-12H2,(H,24,27)(H2,23,25,28). The van der Waals surface area contributed by atoms with E-state index in [0.29, 0.717) is 5.56 Å². The fraction of sp³-hybridized carbons (Fsp3) is 0.0952. The predicted molar refractivity (Wildman–Crippen MR) is 111 cm³/mol. The average Bonchev–Trinajstić information content (AvgIpc) is 2.71. The number of hydrazine groups is 1. The first-order valence-electron chi connectivity index (χ1n) is 8.65. The molecule has 5 nitrogen and oxygen atoms in total. The SMILES string of the molecule is O=C(CCC(=O)c1ccc2ccccc2c1)NNC(=S)Nc1ccccc1F. The number of anilines is 1. The van der Waals surface area contributed by atoms with Crippen molar-refractivity contribution in [2.75, 3.05) is 5.32 Å². The Morgan fingerprint density at radius 3 is 2.36 bits per heavy atom. The van der Waals surface area contributed by atoms with Gasteiger partial charge in [0.05, 0.1) is 5.69 Å². The first-order chi connectivity index (χ1) is 13.5. The van der Waals surface area contributed by atoms with Gasteiger partial charge in [0.1, 0.15) is 5.82 Å². The molecule has 0 saturated carbocycles. The number of carbonyl (C=O) groups is 2. The minimum absolute atomic E-state index is 0.000964. The molecule has 28 heavy (non-hydrogen) atoms. The summed E-state index contributed by atoms with van der Waals surface area (Å²) in [5.41, 5.74) is 5.64. The van der Waals surface area contributed by atoms with Gasteiger partial charge in [-0.25, -0.2) is 4.39 Å². The molecule has 1 amide bonds. The number of nitrogens with one attached hydrogen (secondary N) is 3. The Bertz CT molecular complexity index is 1040. The van der Waals surface area contributed by atoms with E-state index in [-0.39, 0.29) is 29.4 Å². The molecule has 0 aliphatic carbocycles. The van der Waals surface area contributed by atoms with E-state index in [9.17, 15) is 14.0 Å². The Labute approximate surface area is 166 Å². The zero-order valence-electron chi connectivity index (χ0n) is 14.9. The van der Waals surface area contributed by atoms with Gasteiger partial charge < -0.3 is 5.32 Å². The number of rotatable bonds is 5. The highest BCUT2D eigenvalue weighted by atomic mass is 32.1. The summed E-state index contributed by atoms with van der Waals surface area (Å²) in [6, 6.07) is 19.3. The summed E-state index contributed by atoms with van der Waals surface area (Å²) >= 11 is 5.00. The molecular weight excluding hydrogens is 377 g/mol. The highest BCUT2D eigenvalue weighted by Crippen LogP contribution is 2.17. The van der Waals surface area contributed by atoms with Crippen LogP contribution in [-0.4, -0.2) is 16.8 Å². The van der Waals surface area contributed by atoms with Crippen LogP contribution in [-0.2, 0) is 4.79 Å². The molecule has 0 fully saturated rings. The minimum atomic E-state index is -0.459. The number of thiocarbonyl (C=S) groups is 1. The number of hydrogen-bond donors (Lipinski definition) is 3. The Hall–Kier alpha value is -3.32. The van der Waals surface area contributed by atoms with Crippen LogP contribution >= 0.6 is 12.2 Å². The molecule has 0 saturated heterocycles. The fourth-order valence-electron chi connectivity index (χ4n) is 2.64.